The number of aromatic amines is 1. The molecule has 1 unspecified atom stereocenters. The number of hydrogen-bond acceptors (Lipinski definition) is 1. The minimum Gasteiger partial charge on any atom is -0.377 e. The molecule has 1 atom stereocenters. The zero-order chi connectivity index (χ0) is 83.7. The van der Waals surface area contributed by atoms with Crippen LogP contribution < -0.4 is 0 Å². The molecule has 618 valence electrons. The van der Waals surface area contributed by atoms with Crippen LogP contribution in [0.5, 0.6) is 0 Å². The molecule has 0 aliphatic rings. The lowest BCUT2D eigenvalue weighted by Crippen LogP contribution is -2.01. The van der Waals surface area contributed by atoms with Gasteiger partial charge in [-0.1, -0.05) is 315 Å². The van der Waals surface area contributed by atoms with E-state index in [2.05, 4.69) is 353 Å². The first-order valence-electron chi connectivity index (χ1n) is 42.6. The normalized spacial score (nSPS) is 10.9. The van der Waals surface area contributed by atoms with Gasteiger partial charge in [-0.05, 0) is 265 Å². The average Bonchev–Trinajstić information content (AvgIpc) is 1.69. The van der Waals surface area contributed by atoms with Crippen LogP contribution in [-0.4, -0.2) is 18.2 Å². The van der Waals surface area contributed by atoms with E-state index in [1.54, 1.807) is 6.08 Å². The summed E-state index contributed by atoms with van der Waals surface area (Å²) in [5, 5.41) is 1.38. The summed E-state index contributed by atoms with van der Waals surface area (Å²) in [6.07, 6.45) is 57.2. The van der Waals surface area contributed by atoms with Crippen molar-refractivity contribution in [1.82, 2.24) is 4.98 Å². The number of fused-ring (bicyclic) bond motifs is 1. The number of allylic oxidation sites excluding steroid dienone is 14. The summed E-state index contributed by atoms with van der Waals surface area (Å²) >= 11 is 3.31. The van der Waals surface area contributed by atoms with Crippen LogP contribution in [0.25, 0.3) is 10.9 Å². The smallest absolute Gasteiger partial charge is 0.0644 e. The second-order valence-corrected chi connectivity index (χ2v) is 35.4. The molecule has 2 aromatic rings. The number of ether oxygens (including phenoxy) is 1. The second-order valence-electron chi connectivity index (χ2n) is 34.3. The van der Waals surface area contributed by atoms with E-state index in [4.69, 9.17) is 11.2 Å². The Morgan fingerprint density at radius 3 is 1.37 bits per heavy atom. The molecule has 1 heterocycles. The number of rotatable bonds is 40. The molecular formula is C103H188BrNO. The van der Waals surface area contributed by atoms with Gasteiger partial charge in [0.25, 0.3) is 0 Å². The molecule has 0 saturated carbocycles. The van der Waals surface area contributed by atoms with Crippen LogP contribution in [0, 0.1) is 95.2 Å². The number of H-pyrrole nitrogens is 1. The number of halogens is 1. The average molecular weight is 1540 g/mol. The first-order valence-corrected chi connectivity index (χ1v) is 43.4. The minimum absolute atomic E-state index is 0.687. The van der Waals surface area contributed by atoms with Gasteiger partial charge in [0.05, 0.1) is 6.61 Å². The molecular weight excluding hydrogens is 1350 g/mol. The fourth-order valence-corrected chi connectivity index (χ4v) is 8.67. The van der Waals surface area contributed by atoms with Gasteiger partial charge in [0.1, 0.15) is 0 Å². The molecule has 0 saturated heterocycles. The maximum Gasteiger partial charge on any atom is 0.0644 e. The summed E-state index contributed by atoms with van der Waals surface area (Å²) in [5.41, 5.74) is 9.94. The maximum atomic E-state index is 5.18. The highest BCUT2D eigenvalue weighted by Crippen LogP contribution is 2.21. The van der Waals surface area contributed by atoms with Gasteiger partial charge in [-0.3, -0.25) is 0 Å². The van der Waals surface area contributed by atoms with Crippen molar-refractivity contribution in [2.45, 2.75) is 382 Å². The van der Waals surface area contributed by atoms with Crippen molar-refractivity contribution >= 4 is 26.8 Å². The highest BCUT2D eigenvalue weighted by molar-refractivity contribution is 9.11. The van der Waals surface area contributed by atoms with Gasteiger partial charge in [-0.25, -0.2) is 0 Å². The number of unbranched alkanes of at least 4 members (excludes halogenated alkanes) is 4. The van der Waals surface area contributed by atoms with E-state index in [0.717, 1.165) is 114 Å². The summed E-state index contributed by atoms with van der Waals surface area (Å²) in [4.78, 5) is 3.31. The highest BCUT2D eigenvalue weighted by atomic mass is 79.9. The Labute approximate surface area is 678 Å². The standard InChI is InChI=1S/C18H32.C13H17N.C9H18.C9H16.C8H16O.4C8H16.C7H13Br.C7H12/c1-15(2)9-7-10-17(5)11-8-12-18(6)14-13-16(3)4;1-10(2)7-8-11-9-14-13-6-4-3-5-12(11)13;2*1-4-5-6-7-8-9(2)3;1-4-6-9-7-5-8(2)3;2*1-7(2)5-6-8(3)4;1-5-6-8(4)7(2)3;1-4-5-6-7-8(2)3;1-6(2)4-5-7(3)8;1-4-5-6-7(2)3/h9,11,14,16H,7-8,10,12-13H2,1-6H3;3-6,9-10,14H,7-8H2,1-2H3;6-7,9H,4-5,8H2,1-3H3;1,9H,5-8H2,2-3H3;4,8H,1,5-7H2,2-3H3;5,8H,6H2,1-4H3;8H,1,5-6H2,2-4H3;5,7-8H,1,6H2,2-4H3;4,8H,1,5-7H2,2-3H3;6H,3-5H2,1-2H3;7H,6H2,1-3H3/b17-11+,18-14+;;7-6-;;;;;;;;. The molecule has 2 rings (SSSR count). The quantitative estimate of drug-likeness (QED) is 0.0402. The van der Waals surface area contributed by atoms with Crippen LogP contribution in [0.3, 0.4) is 0 Å². The summed E-state index contributed by atoms with van der Waals surface area (Å²) < 4.78 is 6.29. The van der Waals surface area contributed by atoms with Gasteiger partial charge in [0, 0.05) is 36.5 Å². The number of para-hydroxylation sites is 1. The van der Waals surface area contributed by atoms with Gasteiger partial charge in [0.15, 0.2) is 0 Å². The van der Waals surface area contributed by atoms with Gasteiger partial charge in [-0.2, -0.15) is 0 Å². The fraction of sp³-hybridized carbons (Fsp3) is 0.689. The summed E-state index contributed by atoms with van der Waals surface area (Å²) in [6, 6.07) is 8.51. The van der Waals surface area contributed by atoms with E-state index in [-0.39, 0.29) is 0 Å². The Morgan fingerprint density at radius 1 is 0.500 bits per heavy atom. The number of terminal acetylenes is 1. The van der Waals surface area contributed by atoms with E-state index in [1.807, 2.05) is 19.1 Å². The lowest BCUT2D eigenvalue weighted by Gasteiger charge is -2.11. The van der Waals surface area contributed by atoms with Crippen molar-refractivity contribution in [2.75, 3.05) is 13.2 Å². The van der Waals surface area contributed by atoms with E-state index in [0.29, 0.717) is 6.61 Å². The molecule has 1 aromatic heterocycles. The van der Waals surface area contributed by atoms with Gasteiger partial charge in [-0.15, -0.1) is 50.5 Å². The lowest BCUT2D eigenvalue weighted by atomic mass is 9.95. The zero-order valence-corrected chi connectivity index (χ0v) is 79.1. The minimum atomic E-state index is 0.687. The van der Waals surface area contributed by atoms with Crippen LogP contribution >= 0.6 is 15.9 Å². The number of benzene rings is 1. The number of nitrogens with one attached hydrogen (secondary N) is 1. The summed E-state index contributed by atoms with van der Waals surface area (Å²) in [6.45, 7) is 90.8. The van der Waals surface area contributed by atoms with Gasteiger partial charge < -0.3 is 9.72 Å². The maximum absolute atomic E-state index is 5.18. The second kappa shape index (κ2) is 91.3. The first-order chi connectivity index (χ1) is 49.6. The largest absolute Gasteiger partial charge is 0.377 e. The SMILES string of the molecule is C#CCCCCC(C)C.C=C(Br)CCC(C)C.C=C(C)CCC(C)C.C=CCC(C)C(C)C.C=CCCCC(C)C.C=CCOCCC(C)C.CC#CCC(C)C.CC(C)=CCC(C)C.CC(C)=CCC/C(C)=C/CC/C(C)=C/CC(C)C.CC(C)CCc1c[nH]c2ccccc12.CCC/C=C\CC(C)C. The Balaban J connectivity index is -0.000000142. The van der Waals surface area contributed by atoms with Gasteiger partial charge in [0.2, 0.25) is 0 Å². The van der Waals surface area contributed by atoms with E-state index in [1.165, 1.54) is 173 Å². The monoisotopic (exact) mass is 1530 g/mol. The molecule has 0 aliphatic heterocycles. The van der Waals surface area contributed by atoms with Crippen molar-refractivity contribution in [3.8, 4) is 24.2 Å². The number of aromatic nitrogens is 1. The predicted octanol–water partition coefficient (Wildman–Crippen LogP) is 35.9. The third kappa shape index (κ3) is 129. The van der Waals surface area contributed by atoms with Crippen molar-refractivity contribution in [2.24, 2.45) is 71.0 Å². The van der Waals surface area contributed by atoms with Crippen molar-refractivity contribution < 1.29 is 4.74 Å². The molecule has 3 heteroatoms. The predicted molar refractivity (Wildman–Crippen MR) is 503 cm³/mol. The molecule has 0 radical (unpaired) electrons. The first kappa shape index (κ1) is 120. The van der Waals surface area contributed by atoms with Crippen LogP contribution in [0.4, 0.5) is 0 Å². The van der Waals surface area contributed by atoms with Crippen LogP contribution in [-0.2, 0) is 11.2 Å². The highest BCUT2D eigenvalue weighted by Gasteiger charge is 2.05. The third-order valence-electron chi connectivity index (χ3n) is 16.1. The molecule has 0 spiro atoms. The Bertz CT molecular complexity index is 2450. The fourth-order valence-electron chi connectivity index (χ4n) is 8.44. The number of aryl methyl sites for hydroxylation is 1. The summed E-state index contributed by atoms with van der Waals surface area (Å²) in [5.74, 6) is 18.1. The Morgan fingerprint density at radius 2 is 0.991 bits per heavy atom. The zero-order valence-electron chi connectivity index (χ0n) is 77.5. The van der Waals surface area contributed by atoms with Crippen LogP contribution in [0.1, 0.15) is 381 Å². The van der Waals surface area contributed by atoms with Crippen molar-refractivity contribution in [1.29, 1.82) is 0 Å². The topological polar surface area (TPSA) is 25.0 Å². The van der Waals surface area contributed by atoms with E-state index < -0.39 is 0 Å². The molecule has 1 aromatic carbocycles. The molecule has 0 fully saturated rings. The van der Waals surface area contributed by atoms with E-state index >= 15 is 0 Å². The molecule has 0 aliphatic carbocycles. The molecule has 0 bridgehead atoms. The summed E-state index contributed by atoms with van der Waals surface area (Å²) in [7, 11) is 0. The van der Waals surface area contributed by atoms with Crippen LogP contribution in [0.15, 0.2) is 150 Å². The third-order valence-corrected chi connectivity index (χ3v) is 16.5. The molecule has 0 amide bonds. The van der Waals surface area contributed by atoms with Crippen LogP contribution in [0.2, 0.25) is 0 Å². The molecule has 2 nitrogen and oxygen atoms in total. The van der Waals surface area contributed by atoms with Crippen molar-refractivity contribution in [3.05, 3.63) is 156 Å². The number of hydrogen-bond donors (Lipinski definition) is 1. The lowest BCUT2D eigenvalue weighted by molar-refractivity contribution is 0.150. The van der Waals surface area contributed by atoms with Crippen molar-refractivity contribution in [3.63, 3.8) is 0 Å². The molecule has 1 N–H and O–H groups in total. The van der Waals surface area contributed by atoms with Gasteiger partial charge >= 0.3 is 0 Å². The van der Waals surface area contributed by atoms with E-state index in [9.17, 15) is 0 Å². The Hall–Kier alpha value is -4.28. The molecule has 106 heavy (non-hydrogen) atoms. The Kier molecular flexibility index (Phi) is 103.